The highest BCUT2D eigenvalue weighted by Crippen LogP contribution is 2.03. The Labute approximate surface area is 87.7 Å². The van der Waals surface area contributed by atoms with Gasteiger partial charge in [-0.2, -0.15) is 0 Å². The molecule has 1 rings (SSSR count). The van der Waals surface area contributed by atoms with Crippen LogP contribution in [0.15, 0.2) is 42.5 Å². The van der Waals surface area contributed by atoms with Crippen molar-refractivity contribution in [3.05, 3.63) is 48.6 Å². The molecule has 0 spiro atoms. The first kappa shape index (κ1) is 11.0. The van der Waals surface area contributed by atoms with E-state index in [9.17, 15) is 0 Å². The zero-order valence-corrected chi connectivity index (χ0v) is 8.78. The first-order chi connectivity index (χ1) is 7.00. The molecule has 0 nitrogen and oxygen atoms in total. The van der Waals surface area contributed by atoms with Gasteiger partial charge in [0.1, 0.15) is 0 Å². The second kappa shape index (κ2) is 8.55. The molecule has 0 heteroatoms. The van der Waals surface area contributed by atoms with E-state index in [1.165, 1.54) is 25.7 Å². The molecule has 0 saturated heterocycles. The molecule has 0 aromatic rings. The third kappa shape index (κ3) is 6.47. The van der Waals surface area contributed by atoms with E-state index in [1.807, 2.05) is 6.08 Å². The Kier molecular flexibility index (Phi) is 6.74. The zero-order valence-electron chi connectivity index (χ0n) is 8.78. The largest absolute Gasteiger partial charge is 0.0882 e. The average molecular weight is 187 g/mol. The van der Waals surface area contributed by atoms with Crippen LogP contribution in [0.2, 0.25) is 0 Å². The summed E-state index contributed by atoms with van der Waals surface area (Å²) >= 11 is 0. The van der Waals surface area contributed by atoms with Crippen LogP contribution in [0.4, 0.5) is 0 Å². The van der Waals surface area contributed by atoms with Crippen LogP contribution in [-0.2, 0) is 0 Å². The molecule has 0 saturated carbocycles. The second-order valence-electron chi connectivity index (χ2n) is 3.47. The van der Waals surface area contributed by atoms with Gasteiger partial charge in [-0.3, -0.25) is 0 Å². The number of rotatable bonds is 0. The summed E-state index contributed by atoms with van der Waals surface area (Å²) in [6.07, 6.45) is 25.5. The van der Waals surface area contributed by atoms with Gasteiger partial charge in [-0.05, 0) is 44.6 Å². The predicted molar refractivity (Wildman–Crippen MR) is 62.9 cm³/mol. The summed E-state index contributed by atoms with van der Waals surface area (Å²) in [5.41, 5.74) is 0. The maximum Gasteiger partial charge on any atom is -0.0160 e. The van der Waals surface area contributed by atoms with Crippen molar-refractivity contribution in [1.29, 1.82) is 0 Å². The molecule has 0 unspecified atom stereocenters. The molecule has 1 aliphatic carbocycles. The maximum absolute atomic E-state index is 3.16. The Morgan fingerprint density at radius 2 is 1.43 bits per heavy atom. The smallest absolute Gasteiger partial charge is 0.0160 e. The van der Waals surface area contributed by atoms with Gasteiger partial charge in [-0.1, -0.05) is 42.5 Å². The first-order valence-corrected chi connectivity index (χ1v) is 5.53. The van der Waals surface area contributed by atoms with E-state index in [0.717, 1.165) is 12.8 Å². The van der Waals surface area contributed by atoms with Gasteiger partial charge in [0.2, 0.25) is 0 Å². The molecule has 14 heavy (non-hydrogen) atoms. The van der Waals surface area contributed by atoms with Gasteiger partial charge in [0.15, 0.2) is 0 Å². The highest BCUT2D eigenvalue weighted by atomic mass is 13.9. The Morgan fingerprint density at radius 3 is 2.36 bits per heavy atom. The summed E-state index contributed by atoms with van der Waals surface area (Å²) in [4.78, 5) is 0. The van der Waals surface area contributed by atoms with E-state index in [-0.39, 0.29) is 0 Å². The van der Waals surface area contributed by atoms with Crippen molar-refractivity contribution in [2.24, 2.45) is 0 Å². The topological polar surface area (TPSA) is 0 Å². The van der Waals surface area contributed by atoms with Crippen molar-refractivity contribution in [3.63, 3.8) is 0 Å². The summed E-state index contributed by atoms with van der Waals surface area (Å²) in [6.45, 7) is 0. The van der Waals surface area contributed by atoms with Gasteiger partial charge in [0.25, 0.3) is 0 Å². The molecule has 0 aromatic carbocycles. The number of hydrogen-bond acceptors (Lipinski definition) is 0. The van der Waals surface area contributed by atoms with Gasteiger partial charge in [-0.15, -0.1) is 0 Å². The number of allylic oxidation sites excluding steroid dienone is 8. The van der Waals surface area contributed by atoms with E-state index >= 15 is 0 Å². The van der Waals surface area contributed by atoms with Crippen LogP contribution in [0, 0.1) is 6.08 Å². The SMILES string of the molecule is [C]1=C/C/C=C/C/C=C\CCCC\C=C/1. The molecule has 1 aliphatic rings. The molecule has 0 bridgehead atoms. The Balaban J connectivity index is 2.35. The highest BCUT2D eigenvalue weighted by molar-refractivity contribution is 5.00. The Bertz CT molecular complexity index is 228. The van der Waals surface area contributed by atoms with Crippen molar-refractivity contribution in [1.82, 2.24) is 0 Å². The van der Waals surface area contributed by atoms with Crippen LogP contribution in [0.1, 0.15) is 38.5 Å². The fourth-order valence-electron chi connectivity index (χ4n) is 1.36. The third-order valence-electron chi connectivity index (χ3n) is 2.18. The molecule has 75 valence electrons. The fourth-order valence-corrected chi connectivity index (χ4v) is 1.36. The molecule has 0 fully saturated rings. The van der Waals surface area contributed by atoms with Crippen molar-refractivity contribution in [2.45, 2.75) is 38.5 Å². The van der Waals surface area contributed by atoms with Gasteiger partial charge >= 0.3 is 0 Å². The minimum Gasteiger partial charge on any atom is -0.0882 e. The van der Waals surface area contributed by atoms with Crippen LogP contribution in [-0.4, -0.2) is 0 Å². The van der Waals surface area contributed by atoms with E-state index < -0.39 is 0 Å². The summed E-state index contributed by atoms with van der Waals surface area (Å²) in [6, 6.07) is 0. The van der Waals surface area contributed by atoms with E-state index in [1.54, 1.807) is 0 Å². The van der Waals surface area contributed by atoms with Crippen molar-refractivity contribution in [2.75, 3.05) is 0 Å². The van der Waals surface area contributed by atoms with Crippen LogP contribution in [0.25, 0.3) is 0 Å². The lowest BCUT2D eigenvalue weighted by Crippen LogP contribution is -1.73. The molecule has 0 aliphatic heterocycles. The highest BCUT2D eigenvalue weighted by Gasteiger charge is 1.83. The van der Waals surface area contributed by atoms with Crippen molar-refractivity contribution in [3.8, 4) is 0 Å². The Hall–Kier alpha value is -1.04. The zero-order chi connectivity index (χ0) is 9.90. The molecule has 0 aromatic heterocycles. The van der Waals surface area contributed by atoms with Crippen LogP contribution >= 0.6 is 0 Å². The summed E-state index contributed by atoms with van der Waals surface area (Å²) < 4.78 is 0. The molecule has 1 radical (unpaired) electrons. The van der Waals surface area contributed by atoms with Crippen molar-refractivity contribution < 1.29 is 0 Å². The molecular formula is C14H19. The van der Waals surface area contributed by atoms with Crippen LogP contribution in [0.5, 0.6) is 0 Å². The van der Waals surface area contributed by atoms with Crippen LogP contribution in [0.3, 0.4) is 0 Å². The fraction of sp³-hybridized carbons (Fsp3) is 0.429. The third-order valence-corrected chi connectivity index (χ3v) is 2.18. The van der Waals surface area contributed by atoms with Gasteiger partial charge in [0.05, 0.1) is 0 Å². The van der Waals surface area contributed by atoms with Gasteiger partial charge in [-0.25, -0.2) is 0 Å². The Morgan fingerprint density at radius 1 is 0.714 bits per heavy atom. The lowest BCUT2D eigenvalue weighted by molar-refractivity contribution is 0.761. The standard InChI is InChI=1S/C14H19/c1-2-4-6-8-10-12-14-13-11-9-7-5-3-1/h1-2,5-7,10,12H,3-4,9,11,13-14H2/b2-1+,7-5-,8-6?,12-10-. The van der Waals surface area contributed by atoms with Crippen LogP contribution < -0.4 is 0 Å². The van der Waals surface area contributed by atoms with Gasteiger partial charge in [0, 0.05) is 0 Å². The van der Waals surface area contributed by atoms with Gasteiger partial charge < -0.3 is 0 Å². The minimum absolute atomic E-state index is 0.998. The number of hydrogen-bond donors (Lipinski definition) is 0. The summed E-state index contributed by atoms with van der Waals surface area (Å²) in [5, 5.41) is 0. The predicted octanol–water partition coefficient (Wildman–Crippen LogP) is 4.37. The van der Waals surface area contributed by atoms with Crippen molar-refractivity contribution >= 4 is 0 Å². The molecule has 0 N–H and O–H groups in total. The first-order valence-electron chi connectivity index (χ1n) is 5.53. The average Bonchev–Trinajstić information content (AvgIpc) is 2.22. The normalized spacial score (nSPS) is 28.6. The minimum atomic E-state index is 0.998. The second-order valence-corrected chi connectivity index (χ2v) is 3.47. The van der Waals surface area contributed by atoms with E-state index in [0.29, 0.717) is 0 Å². The summed E-state index contributed by atoms with van der Waals surface area (Å²) in [7, 11) is 0. The monoisotopic (exact) mass is 187 g/mol. The van der Waals surface area contributed by atoms with E-state index in [4.69, 9.17) is 0 Å². The molecule has 0 atom stereocenters. The molecule has 0 amide bonds. The lowest BCUT2D eigenvalue weighted by atomic mass is 10.1. The maximum atomic E-state index is 3.16. The molecular weight excluding hydrogens is 168 g/mol. The lowest BCUT2D eigenvalue weighted by Gasteiger charge is -1.92. The molecule has 0 heterocycles. The summed E-state index contributed by atoms with van der Waals surface area (Å²) in [5.74, 6) is 0. The van der Waals surface area contributed by atoms with E-state index in [2.05, 4.69) is 42.5 Å². The quantitative estimate of drug-likeness (QED) is 0.494.